The Labute approximate surface area is 124 Å². The van der Waals surface area contributed by atoms with Crippen LogP contribution >= 0.6 is 0 Å². The van der Waals surface area contributed by atoms with Crippen molar-refractivity contribution in [1.29, 1.82) is 0 Å². The summed E-state index contributed by atoms with van der Waals surface area (Å²) in [5, 5.41) is 9.31. The second-order valence-corrected chi connectivity index (χ2v) is 5.44. The number of carboxylic acid groups (broad SMARTS) is 1. The highest BCUT2D eigenvalue weighted by molar-refractivity contribution is 5.95. The molecule has 0 saturated carbocycles. The lowest BCUT2D eigenvalue weighted by Gasteiger charge is -2.19. The van der Waals surface area contributed by atoms with Crippen LogP contribution in [0.5, 0.6) is 0 Å². The number of aromatic carboxylic acids is 1. The van der Waals surface area contributed by atoms with Crippen molar-refractivity contribution in [2.24, 2.45) is 0 Å². The van der Waals surface area contributed by atoms with Gasteiger partial charge in [0.15, 0.2) is 0 Å². The molecular weight excluding hydrogens is 264 g/mol. The van der Waals surface area contributed by atoms with E-state index in [9.17, 15) is 9.90 Å². The van der Waals surface area contributed by atoms with Gasteiger partial charge in [-0.2, -0.15) is 0 Å². The summed E-state index contributed by atoms with van der Waals surface area (Å²) in [6.07, 6.45) is 2.28. The van der Waals surface area contributed by atoms with Gasteiger partial charge in [-0.15, -0.1) is 0 Å². The summed E-state index contributed by atoms with van der Waals surface area (Å²) in [5.41, 5.74) is 2.72. The molecule has 1 aromatic heterocycles. The average Bonchev–Trinajstić information content (AvgIpc) is 2.93. The highest BCUT2D eigenvalue weighted by Crippen LogP contribution is 2.31. The predicted molar refractivity (Wildman–Crippen MR) is 81.2 cm³/mol. The van der Waals surface area contributed by atoms with Crippen molar-refractivity contribution in [2.75, 3.05) is 13.6 Å². The van der Waals surface area contributed by atoms with E-state index in [0.29, 0.717) is 17.2 Å². The molecule has 1 fully saturated rings. The zero-order valence-electron chi connectivity index (χ0n) is 12.0. The molecule has 108 valence electrons. The highest BCUT2D eigenvalue weighted by atomic mass is 16.4. The quantitative estimate of drug-likeness (QED) is 0.939. The first-order chi connectivity index (χ1) is 10.2. The summed E-state index contributed by atoms with van der Waals surface area (Å²) in [7, 11) is 2.11. The van der Waals surface area contributed by atoms with Crippen molar-refractivity contribution in [3.8, 4) is 11.3 Å². The summed E-state index contributed by atoms with van der Waals surface area (Å²) in [6, 6.07) is 13.2. The van der Waals surface area contributed by atoms with E-state index in [2.05, 4.69) is 11.9 Å². The third kappa shape index (κ3) is 2.67. The van der Waals surface area contributed by atoms with E-state index >= 15 is 0 Å². The minimum atomic E-state index is -0.921. The fourth-order valence-electron chi connectivity index (χ4n) is 2.96. The maximum absolute atomic E-state index is 11.4. The number of aromatic nitrogens is 1. The van der Waals surface area contributed by atoms with Crippen molar-refractivity contribution < 1.29 is 9.90 Å². The van der Waals surface area contributed by atoms with Crippen molar-refractivity contribution >= 4 is 5.97 Å². The first-order valence-corrected chi connectivity index (χ1v) is 7.16. The molecule has 3 rings (SSSR count). The first-order valence-electron chi connectivity index (χ1n) is 7.16. The average molecular weight is 282 g/mol. The van der Waals surface area contributed by atoms with Gasteiger partial charge < -0.3 is 5.11 Å². The minimum absolute atomic E-state index is 0.293. The second kappa shape index (κ2) is 5.66. The standard InChI is InChI=1S/C17H18N2O2/c1-19-11-5-10-16(19)15-9-4-8-14(18-15)12-6-2-3-7-13(12)17(20)21/h2-4,6-9,16H,5,10-11H2,1H3,(H,20,21)/t16-/m1/s1. The lowest BCUT2D eigenvalue weighted by Crippen LogP contribution is -2.18. The van der Waals surface area contributed by atoms with Crippen LogP contribution in [0.1, 0.15) is 34.9 Å². The number of benzene rings is 1. The van der Waals surface area contributed by atoms with E-state index in [1.54, 1.807) is 12.1 Å². The Morgan fingerprint density at radius 3 is 2.76 bits per heavy atom. The maximum Gasteiger partial charge on any atom is 0.336 e. The molecule has 0 aliphatic carbocycles. The summed E-state index contributed by atoms with van der Waals surface area (Å²) >= 11 is 0. The van der Waals surface area contributed by atoms with E-state index in [1.165, 1.54) is 6.42 Å². The van der Waals surface area contributed by atoms with Crippen LogP contribution in [-0.2, 0) is 0 Å². The Balaban J connectivity index is 2.02. The summed E-state index contributed by atoms with van der Waals surface area (Å²) < 4.78 is 0. The highest BCUT2D eigenvalue weighted by Gasteiger charge is 2.24. The first kappa shape index (κ1) is 13.8. The normalized spacial score (nSPS) is 18.8. The van der Waals surface area contributed by atoms with Gasteiger partial charge >= 0.3 is 5.97 Å². The van der Waals surface area contributed by atoms with Crippen LogP contribution in [-0.4, -0.2) is 34.6 Å². The van der Waals surface area contributed by atoms with Crippen molar-refractivity contribution in [3.63, 3.8) is 0 Å². The number of hydrogen-bond acceptors (Lipinski definition) is 3. The molecule has 2 heterocycles. The summed E-state index contributed by atoms with van der Waals surface area (Å²) in [4.78, 5) is 18.4. The molecule has 0 bridgehead atoms. The van der Waals surface area contributed by atoms with Gasteiger partial charge in [0.25, 0.3) is 0 Å². The molecule has 0 unspecified atom stereocenters. The number of carboxylic acids is 1. The van der Waals surface area contributed by atoms with Gasteiger partial charge in [0, 0.05) is 5.56 Å². The number of likely N-dealkylation sites (tertiary alicyclic amines) is 1. The Bertz CT molecular complexity index is 669. The fourth-order valence-corrected chi connectivity index (χ4v) is 2.96. The number of carbonyl (C=O) groups is 1. The largest absolute Gasteiger partial charge is 0.478 e. The number of nitrogens with zero attached hydrogens (tertiary/aromatic N) is 2. The van der Waals surface area contributed by atoms with Crippen LogP contribution < -0.4 is 0 Å². The van der Waals surface area contributed by atoms with E-state index in [0.717, 1.165) is 24.4 Å². The molecule has 1 N–H and O–H groups in total. The van der Waals surface area contributed by atoms with Gasteiger partial charge in [-0.1, -0.05) is 24.3 Å². The molecule has 0 radical (unpaired) electrons. The van der Waals surface area contributed by atoms with E-state index in [1.807, 2.05) is 30.3 Å². The molecule has 1 aliphatic heterocycles. The van der Waals surface area contributed by atoms with Gasteiger partial charge in [0.1, 0.15) is 0 Å². The van der Waals surface area contributed by atoms with Gasteiger partial charge in [-0.25, -0.2) is 4.79 Å². The van der Waals surface area contributed by atoms with Gasteiger partial charge in [-0.05, 0) is 44.6 Å². The van der Waals surface area contributed by atoms with Crippen LogP contribution in [0, 0.1) is 0 Å². The molecule has 0 spiro atoms. The van der Waals surface area contributed by atoms with Crippen LogP contribution in [0.3, 0.4) is 0 Å². The monoisotopic (exact) mass is 282 g/mol. The van der Waals surface area contributed by atoms with Gasteiger partial charge in [0.2, 0.25) is 0 Å². The fraction of sp³-hybridized carbons (Fsp3) is 0.294. The molecule has 1 saturated heterocycles. The summed E-state index contributed by atoms with van der Waals surface area (Å²) in [5.74, 6) is -0.921. The van der Waals surface area contributed by atoms with E-state index < -0.39 is 5.97 Å². The van der Waals surface area contributed by atoms with Gasteiger partial charge in [-0.3, -0.25) is 9.88 Å². The SMILES string of the molecule is CN1CCC[C@@H]1c1cccc(-c2ccccc2C(=O)O)n1. The van der Waals surface area contributed by atoms with Gasteiger partial charge in [0.05, 0.1) is 23.0 Å². The lowest BCUT2D eigenvalue weighted by atomic mass is 10.0. The molecule has 0 amide bonds. The molecule has 4 nitrogen and oxygen atoms in total. The maximum atomic E-state index is 11.4. The third-order valence-electron chi connectivity index (χ3n) is 4.07. The molecule has 1 aromatic carbocycles. The van der Waals surface area contributed by atoms with Crippen molar-refractivity contribution in [1.82, 2.24) is 9.88 Å². The molecule has 1 aliphatic rings. The molecule has 4 heteroatoms. The minimum Gasteiger partial charge on any atom is -0.478 e. The van der Waals surface area contributed by atoms with Crippen molar-refractivity contribution in [3.05, 3.63) is 53.7 Å². The molecule has 21 heavy (non-hydrogen) atoms. The summed E-state index contributed by atoms with van der Waals surface area (Å²) in [6.45, 7) is 1.09. The van der Waals surface area contributed by atoms with E-state index in [-0.39, 0.29) is 0 Å². The second-order valence-electron chi connectivity index (χ2n) is 5.44. The molecular formula is C17H18N2O2. The Kier molecular flexibility index (Phi) is 3.71. The zero-order valence-corrected chi connectivity index (χ0v) is 12.0. The third-order valence-corrected chi connectivity index (χ3v) is 4.07. The van der Waals surface area contributed by atoms with Crippen LogP contribution in [0.25, 0.3) is 11.3 Å². The zero-order chi connectivity index (χ0) is 14.8. The van der Waals surface area contributed by atoms with Crippen LogP contribution in [0.4, 0.5) is 0 Å². The van der Waals surface area contributed by atoms with Crippen LogP contribution in [0.2, 0.25) is 0 Å². The Morgan fingerprint density at radius 2 is 2.05 bits per heavy atom. The van der Waals surface area contributed by atoms with Crippen molar-refractivity contribution in [2.45, 2.75) is 18.9 Å². The number of rotatable bonds is 3. The molecule has 2 aromatic rings. The predicted octanol–water partition coefficient (Wildman–Crippen LogP) is 3.21. The molecule has 1 atom stereocenters. The van der Waals surface area contributed by atoms with Crippen LogP contribution in [0.15, 0.2) is 42.5 Å². The lowest BCUT2D eigenvalue weighted by molar-refractivity contribution is 0.0697. The Morgan fingerprint density at radius 1 is 1.24 bits per heavy atom. The smallest absolute Gasteiger partial charge is 0.336 e. The topological polar surface area (TPSA) is 53.4 Å². The Hall–Kier alpha value is -2.20. The van der Waals surface area contributed by atoms with E-state index in [4.69, 9.17) is 4.98 Å². The number of hydrogen-bond donors (Lipinski definition) is 1. The number of pyridine rings is 1.